The number of nitrogens with zero attached hydrogens (tertiary/aromatic N) is 4. The third-order valence-corrected chi connectivity index (χ3v) is 5.25. The highest BCUT2D eigenvalue weighted by Gasteiger charge is 2.44. The fourth-order valence-corrected chi connectivity index (χ4v) is 3.75. The van der Waals surface area contributed by atoms with Crippen LogP contribution >= 0.6 is 0 Å². The highest BCUT2D eigenvalue weighted by Crippen LogP contribution is 2.35. The number of rotatable bonds is 4. The molecule has 4 rings (SSSR count). The minimum absolute atomic E-state index is 0.00578. The third kappa shape index (κ3) is 2.94. The molecule has 1 saturated heterocycles. The molecule has 8 nitrogen and oxygen atoms in total. The van der Waals surface area contributed by atoms with Gasteiger partial charge in [0.1, 0.15) is 6.04 Å². The Morgan fingerprint density at radius 3 is 2.44 bits per heavy atom. The van der Waals surface area contributed by atoms with Crippen LogP contribution < -0.4 is 5.32 Å². The van der Waals surface area contributed by atoms with Crippen molar-refractivity contribution in [1.82, 2.24) is 25.3 Å². The molecule has 2 atom stereocenters. The average molecular weight is 369 g/mol. The van der Waals surface area contributed by atoms with E-state index in [1.54, 1.807) is 24.3 Å². The molecule has 8 heteroatoms. The van der Waals surface area contributed by atoms with Crippen LogP contribution in [0.15, 0.2) is 28.8 Å². The van der Waals surface area contributed by atoms with Gasteiger partial charge in [0.05, 0.1) is 17.2 Å². The van der Waals surface area contributed by atoms with E-state index >= 15 is 0 Å². The van der Waals surface area contributed by atoms with E-state index in [2.05, 4.69) is 20.4 Å². The molecule has 0 bridgehead atoms. The molecule has 0 aliphatic carbocycles. The number of carbonyl (C=O) groups is 2. The monoisotopic (exact) mass is 369 g/mol. The number of carbonyl (C=O) groups excluding carboxylic acids is 2. The first-order valence-corrected chi connectivity index (χ1v) is 9.20. The summed E-state index contributed by atoms with van der Waals surface area (Å²) in [5, 5.41) is 7.47. The number of hydrogen-bond donors (Lipinski definition) is 1. The van der Waals surface area contributed by atoms with Gasteiger partial charge in [0.2, 0.25) is 5.89 Å². The maximum absolute atomic E-state index is 12.9. The molecule has 0 spiro atoms. The Morgan fingerprint density at radius 1 is 1.19 bits per heavy atom. The molecule has 1 aromatic carbocycles. The molecule has 142 valence electrons. The standard InChI is InChI=1S/C19H23N5O3/c1-11(2)15(24-18(25)12-6-4-5-7-13(12)19(24)26)17-21-16(22-27-17)14-10-20-8-9-23(14)3/h4-7,11,14-15,20H,8-10H2,1-3H3. The SMILES string of the molecule is CC(C)C(c1nc(C2CNCCN2C)no1)N1C(=O)c2ccccc2C1=O. The van der Waals surface area contributed by atoms with Gasteiger partial charge in [-0.25, -0.2) is 0 Å². The van der Waals surface area contributed by atoms with Crippen LogP contribution in [-0.2, 0) is 0 Å². The summed E-state index contributed by atoms with van der Waals surface area (Å²) in [4.78, 5) is 33.8. The summed E-state index contributed by atoms with van der Waals surface area (Å²) < 4.78 is 5.54. The number of hydrogen-bond acceptors (Lipinski definition) is 7. The van der Waals surface area contributed by atoms with Crippen LogP contribution in [0.4, 0.5) is 0 Å². The Labute approximate surface area is 157 Å². The van der Waals surface area contributed by atoms with E-state index in [4.69, 9.17) is 4.52 Å². The number of nitrogens with one attached hydrogen (secondary N) is 1. The predicted molar refractivity (Wildman–Crippen MR) is 97.1 cm³/mol. The van der Waals surface area contributed by atoms with Crippen LogP contribution in [0.3, 0.4) is 0 Å². The highest BCUT2D eigenvalue weighted by molar-refractivity contribution is 6.21. The van der Waals surface area contributed by atoms with Crippen molar-refractivity contribution in [3.05, 3.63) is 47.1 Å². The number of benzene rings is 1. The molecular formula is C19H23N5O3. The van der Waals surface area contributed by atoms with Crippen molar-refractivity contribution in [2.45, 2.75) is 25.9 Å². The van der Waals surface area contributed by atoms with Crippen molar-refractivity contribution in [3.8, 4) is 0 Å². The zero-order valence-corrected chi connectivity index (χ0v) is 15.7. The zero-order valence-electron chi connectivity index (χ0n) is 15.7. The van der Waals surface area contributed by atoms with E-state index in [9.17, 15) is 9.59 Å². The Kier molecular flexibility index (Phi) is 4.53. The molecule has 27 heavy (non-hydrogen) atoms. The Morgan fingerprint density at radius 2 is 1.85 bits per heavy atom. The van der Waals surface area contributed by atoms with Crippen LogP contribution in [-0.4, -0.2) is 58.4 Å². The molecule has 1 fully saturated rings. The Balaban J connectivity index is 1.67. The van der Waals surface area contributed by atoms with Gasteiger partial charge in [0.15, 0.2) is 5.82 Å². The quantitative estimate of drug-likeness (QED) is 0.819. The maximum Gasteiger partial charge on any atom is 0.262 e. The first-order chi connectivity index (χ1) is 13.0. The number of amides is 2. The van der Waals surface area contributed by atoms with Crippen LogP contribution in [0, 0.1) is 5.92 Å². The summed E-state index contributed by atoms with van der Waals surface area (Å²) in [6.45, 7) is 6.41. The summed E-state index contributed by atoms with van der Waals surface area (Å²) in [7, 11) is 2.02. The molecule has 1 aromatic heterocycles. The molecular weight excluding hydrogens is 346 g/mol. The van der Waals surface area contributed by atoms with Crippen LogP contribution in [0.1, 0.15) is 58.4 Å². The maximum atomic E-state index is 12.9. The average Bonchev–Trinajstić information content (AvgIpc) is 3.22. The van der Waals surface area contributed by atoms with E-state index < -0.39 is 6.04 Å². The van der Waals surface area contributed by atoms with Crippen molar-refractivity contribution in [1.29, 1.82) is 0 Å². The second-order valence-corrected chi connectivity index (χ2v) is 7.41. The number of likely N-dealkylation sites (N-methyl/N-ethyl adjacent to an activating group) is 1. The molecule has 2 amide bonds. The lowest BCUT2D eigenvalue weighted by Gasteiger charge is -2.30. The van der Waals surface area contributed by atoms with Gasteiger partial charge < -0.3 is 9.84 Å². The van der Waals surface area contributed by atoms with Crippen molar-refractivity contribution in [2.75, 3.05) is 26.7 Å². The van der Waals surface area contributed by atoms with Crippen molar-refractivity contribution >= 4 is 11.8 Å². The van der Waals surface area contributed by atoms with Crippen LogP contribution in [0.2, 0.25) is 0 Å². The highest BCUT2D eigenvalue weighted by atomic mass is 16.5. The molecule has 0 radical (unpaired) electrons. The van der Waals surface area contributed by atoms with E-state index in [0.29, 0.717) is 22.8 Å². The van der Waals surface area contributed by atoms with Gasteiger partial charge in [-0.15, -0.1) is 0 Å². The van der Waals surface area contributed by atoms with Gasteiger partial charge in [0, 0.05) is 19.6 Å². The largest absolute Gasteiger partial charge is 0.337 e. The summed E-state index contributed by atoms with van der Waals surface area (Å²) in [5.74, 6) is 0.175. The summed E-state index contributed by atoms with van der Waals surface area (Å²) in [5.41, 5.74) is 0.841. The van der Waals surface area contributed by atoms with Gasteiger partial charge in [0.25, 0.3) is 11.8 Å². The zero-order chi connectivity index (χ0) is 19.1. The lowest BCUT2D eigenvalue weighted by atomic mass is 10.0. The van der Waals surface area contributed by atoms with Gasteiger partial charge in [-0.1, -0.05) is 31.1 Å². The number of fused-ring (bicyclic) bond motifs is 1. The summed E-state index contributed by atoms with van der Waals surface area (Å²) in [6.07, 6.45) is 0. The minimum Gasteiger partial charge on any atom is -0.337 e. The van der Waals surface area contributed by atoms with E-state index in [1.807, 2.05) is 20.9 Å². The minimum atomic E-state index is -0.597. The topological polar surface area (TPSA) is 91.6 Å². The first kappa shape index (κ1) is 17.8. The molecule has 1 N–H and O–H groups in total. The Hall–Kier alpha value is -2.58. The molecule has 2 aliphatic rings. The number of imide groups is 1. The van der Waals surface area contributed by atoms with Crippen molar-refractivity contribution < 1.29 is 14.1 Å². The van der Waals surface area contributed by atoms with Crippen LogP contribution in [0.5, 0.6) is 0 Å². The lowest BCUT2D eigenvalue weighted by molar-refractivity contribution is 0.0497. The van der Waals surface area contributed by atoms with Gasteiger partial charge >= 0.3 is 0 Å². The van der Waals surface area contributed by atoms with Crippen molar-refractivity contribution in [2.24, 2.45) is 5.92 Å². The second-order valence-electron chi connectivity index (χ2n) is 7.41. The molecule has 0 saturated carbocycles. The lowest BCUT2D eigenvalue weighted by Crippen LogP contribution is -2.44. The molecule has 2 aromatic rings. The normalized spacial score (nSPS) is 21.8. The van der Waals surface area contributed by atoms with E-state index in [1.165, 1.54) is 4.90 Å². The summed E-state index contributed by atoms with van der Waals surface area (Å²) >= 11 is 0. The molecule has 3 heterocycles. The van der Waals surface area contributed by atoms with Gasteiger partial charge in [-0.05, 0) is 25.1 Å². The number of piperazine rings is 1. The van der Waals surface area contributed by atoms with E-state index in [0.717, 1.165) is 19.6 Å². The van der Waals surface area contributed by atoms with E-state index in [-0.39, 0.29) is 23.8 Å². The number of aromatic nitrogens is 2. The molecule has 2 aliphatic heterocycles. The van der Waals surface area contributed by atoms with Gasteiger partial charge in [-0.3, -0.25) is 19.4 Å². The van der Waals surface area contributed by atoms with Crippen LogP contribution in [0.25, 0.3) is 0 Å². The fraction of sp³-hybridized carbons (Fsp3) is 0.474. The predicted octanol–water partition coefficient (Wildman–Crippen LogP) is 1.64. The second kappa shape index (κ2) is 6.86. The fourth-order valence-electron chi connectivity index (χ4n) is 3.75. The summed E-state index contributed by atoms with van der Waals surface area (Å²) in [6, 6.07) is 6.28. The van der Waals surface area contributed by atoms with Gasteiger partial charge in [-0.2, -0.15) is 4.98 Å². The Bertz CT molecular complexity index is 843. The molecule has 2 unspecified atom stereocenters. The first-order valence-electron chi connectivity index (χ1n) is 9.20. The third-order valence-electron chi connectivity index (χ3n) is 5.25. The van der Waals surface area contributed by atoms with Crippen molar-refractivity contribution in [3.63, 3.8) is 0 Å². The smallest absolute Gasteiger partial charge is 0.262 e.